The summed E-state index contributed by atoms with van der Waals surface area (Å²) in [6.45, 7) is 10.6. The predicted molar refractivity (Wildman–Crippen MR) is 106 cm³/mol. The van der Waals surface area contributed by atoms with Crippen molar-refractivity contribution in [3.05, 3.63) is 64.7 Å². The first-order valence-electron chi connectivity index (χ1n) is 9.20. The van der Waals surface area contributed by atoms with Gasteiger partial charge in [0.1, 0.15) is 0 Å². The monoisotopic (exact) mass is 338 g/mol. The molecule has 3 nitrogen and oxygen atoms in total. The Hall–Kier alpha value is -2.13. The molecule has 1 N–H and O–H groups in total. The fourth-order valence-corrected chi connectivity index (χ4v) is 3.11. The van der Waals surface area contributed by atoms with Crippen LogP contribution in [0.4, 0.5) is 5.69 Å². The molecule has 0 spiro atoms. The minimum atomic E-state index is 0.0649. The molecule has 0 atom stereocenters. The van der Waals surface area contributed by atoms with E-state index in [1.54, 1.807) is 0 Å². The zero-order valence-electron chi connectivity index (χ0n) is 15.9. The molecule has 0 aromatic heterocycles. The van der Waals surface area contributed by atoms with E-state index in [4.69, 9.17) is 0 Å². The Balaban J connectivity index is 2.09. The largest absolute Gasteiger partial charge is 0.324 e. The fraction of sp³-hybridized carbons (Fsp3) is 0.409. The number of rotatable bonds is 8. The van der Waals surface area contributed by atoms with Crippen molar-refractivity contribution in [2.24, 2.45) is 0 Å². The van der Waals surface area contributed by atoms with Crippen molar-refractivity contribution in [3.63, 3.8) is 0 Å². The molecule has 0 aliphatic rings. The number of nitrogens with zero attached hydrogens (tertiary/aromatic N) is 1. The van der Waals surface area contributed by atoms with E-state index < -0.39 is 0 Å². The van der Waals surface area contributed by atoms with Crippen LogP contribution in [0.5, 0.6) is 0 Å². The molecule has 0 aliphatic heterocycles. The van der Waals surface area contributed by atoms with Crippen molar-refractivity contribution < 1.29 is 4.79 Å². The summed E-state index contributed by atoms with van der Waals surface area (Å²) < 4.78 is 0. The lowest BCUT2D eigenvalue weighted by molar-refractivity contribution is -0.117. The van der Waals surface area contributed by atoms with E-state index in [-0.39, 0.29) is 5.91 Å². The second-order valence-corrected chi connectivity index (χ2v) is 6.54. The normalized spacial score (nSPS) is 10.9. The summed E-state index contributed by atoms with van der Waals surface area (Å²) in [6.07, 6.45) is 1.99. The van der Waals surface area contributed by atoms with Crippen LogP contribution in [-0.2, 0) is 17.6 Å². The highest BCUT2D eigenvalue weighted by Crippen LogP contribution is 2.25. The molecule has 1 amide bonds. The molecule has 0 unspecified atom stereocenters. The quantitative estimate of drug-likeness (QED) is 0.775. The Morgan fingerprint density at radius 1 is 0.960 bits per heavy atom. The van der Waals surface area contributed by atoms with Gasteiger partial charge in [-0.25, -0.2) is 0 Å². The molecular formula is C22H30N2O. The molecule has 3 heteroatoms. The third kappa shape index (κ3) is 5.43. The van der Waals surface area contributed by atoms with E-state index in [2.05, 4.69) is 74.3 Å². The molecule has 0 saturated heterocycles. The van der Waals surface area contributed by atoms with Crippen molar-refractivity contribution in [1.29, 1.82) is 0 Å². The van der Waals surface area contributed by atoms with Crippen molar-refractivity contribution >= 4 is 11.6 Å². The minimum absolute atomic E-state index is 0.0649. The number of amides is 1. The van der Waals surface area contributed by atoms with Gasteiger partial charge in [0.25, 0.3) is 0 Å². The molecule has 134 valence electrons. The lowest BCUT2D eigenvalue weighted by atomic mass is 9.97. The Kier molecular flexibility index (Phi) is 7.20. The van der Waals surface area contributed by atoms with Crippen LogP contribution in [-0.4, -0.2) is 30.4 Å². The van der Waals surface area contributed by atoms with Gasteiger partial charge in [0, 0.05) is 5.69 Å². The van der Waals surface area contributed by atoms with Crippen molar-refractivity contribution in [1.82, 2.24) is 4.90 Å². The van der Waals surface area contributed by atoms with Gasteiger partial charge in [0.05, 0.1) is 6.54 Å². The second kappa shape index (κ2) is 9.38. The Morgan fingerprint density at radius 3 is 2.28 bits per heavy atom. The second-order valence-electron chi connectivity index (χ2n) is 6.54. The maximum atomic E-state index is 12.4. The number of likely N-dealkylation sites (N-methyl/N-ethyl adjacent to an activating group) is 1. The third-order valence-corrected chi connectivity index (χ3v) is 4.84. The molecule has 25 heavy (non-hydrogen) atoms. The highest BCUT2D eigenvalue weighted by molar-refractivity contribution is 5.94. The molecule has 0 aliphatic carbocycles. The van der Waals surface area contributed by atoms with Gasteiger partial charge >= 0.3 is 0 Å². The van der Waals surface area contributed by atoms with E-state index in [0.29, 0.717) is 6.54 Å². The average Bonchev–Trinajstić information content (AvgIpc) is 2.63. The van der Waals surface area contributed by atoms with Crippen LogP contribution in [0.2, 0.25) is 0 Å². The summed E-state index contributed by atoms with van der Waals surface area (Å²) in [4.78, 5) is 14.5. The van der Waals surface area contributed by atoms with Crippen molar-refractivity contribution in [2.75, 3.05) is 25.0 Å². The van der Waals surface area contributed by atoms with E-state index in [0.717, 1.165) is 37.2 Å². The standard InChI is InChI=1S/C22H30N2O/c1-5-24(6-2)16-21(25)23-22-17(3)12-14-20(18(22)4)15-13-19-10-8-7-9-11-19/h7-12,14H,5-6,13,15-16H2,1-4H3,(H,23,25). The van der Waals surface area contributed by atoms with Crippen LogP contribution in [0.15, 0.2) is 42.5 Å². The van der Waals surface area contributed by atoms with Gasteiger partial charge in [0.15, 0.2) is 0 Å². The number of hydrogen-bond donors (Lipinski definition) is 1. The zero-order valence-corrected chi connectivity index (χ0v) is 15.9. The first-order chi connectivity index (χ1) is 12.0. The Bertz CT molecular complexity index is 691. The first kappa shape index (κ1) is 19.2. The predicted octanol–water partition coefficient (Wildman–Crippen LogP) is 4.37. The van der Waals surface area contributed by atoms with E-state index in [1.807, 2.05) is 6.07 Å². The number of hydrogen-bond acceptors (Lipinski definition) is 2. The molecule has 0 bridgehead atoms. The topological polar surface area (TPSA) is 32.3 Å². The summed E-state index contributed by atoms with van der Waals surface area (Å²) in [5, 5.41) is 3.14. The summed E-state index contributed by atoms with van der Waals surface area (Å²) in [6, 6.07) is 14.8. The molecule has 0 radical (unpaired) electrons. The van der Waals surface area contributed by atoms with Gasteiger partial charge in [-0.15, -0.1) is 0 Å². The van der Waals surface area contributed by atoms with Crippen LogP contribution < -0.4 is 5.32 Å². The van der Waals surface area contributed by atoms with E-state index in [9.17, 15) is 4.79 Å². The maximum absolute atomic E-state index is 12.4. The van der Waals surface area contributed by atoms with Gasteiger partial charge in [-0.05, 0) is 62.0 Å². The molecule has 0 heterocycles. The van der Waals surface area contributed by atoms with Gasteiger partial charge < -0.3 is 5.32 Å². The number of anilines is 1. The zero-order chi connectivity index (χ0) is 18.2. The smallest absolute Gasteiger partial charge is 0.238 e. The number of benzene rings is 2. The molecular weight excluding hydrogens is 308 g/mol. The van der Waals surface area contributed by atoms with Crippen LogP contribution in [0.3, 0.4) is 0 Å². The first-order valence-corrected chi connectivity index (χ1v) is 9.20. The Morgan fingerprint density at radius 2 is 1.64 bits per heavy atom. The van der Waals surface area contributed by atoms with Crippen LogP contribution >= 0.6 is 0 Å². The molecule has 2 rings (SSSR count). The SMILES string of the molecule is CCN(CC)CC(=O)Nc1c(C)ccc(CCc2ccccc2)c1C. The fourth-order valence-electron chi connectivity index (χ4n) is 3.11. The number of aryl methyl sites for hydroxylation is 3. The molecule has 0 saturated carbocycles. The highest BCUT2D eigenvalue weighted by Gasteiger charge is 2.13. The minimum Gasteiger partial charge on any atom is -0.324 e. The van der Waals surface area contributed by atoms with Crippen LogP contribution in [0, 0.1) is 13.8 Å². The number of carbonyl (C=O) groups excluding carboxylic acids is 1. The van der Waals surface area contributed by atoms with Gasteiger partial charge in [-0.2, -0.15) is 0 Å². The lowest BCUT2D eigenvalue weighted by Crippen LogP contribution is -2.33. The molecule has 2 aromatic carbocycles. The molecule has 2 aromatic rings. The summed E-state index contributed by atoms with van der Waals surface area (Å²) in [5.41, 5.74) is 5.92. The maximum Gasteiger partial charge on any atom is 0.238 e. The number of carbonyl (C=O) groups is 1. The Labute approximate surface area is 152 Å². The van der Waals surface area contributed by atoms with Crippen LogP contribution in [0.1, 0.15) is 36.1 Å². The highest BCUT2D eigenvalue weighted by atomic mass is 16.2. The molecule has 0 fully saturated rings. The average molecular weight is 338 g/mol. The van der Waals surface area contributed by atoms with Crippen molar-refractivity contribution in [2.45, 2.75) is 40.5 Å². The number of nitrogens with one attached hydrogen (secondary N) is 1. The lowest BCUT2D eigenvalue weighted by Gasteiger charge is -2.20. The van der Waals surface area contributed by atoms with Gasteiger partial charge in [-0.3, -0.25) is 9.69 Å². The van der Waals surface area contributed by atoms with Crippen LogP contribution in [0.25, 0.3) is 0 Å². The van der Waals surface area contributed by atoms with Gasteiger partial charge in [-0.1, -0.05) is 56.3 Å². The van der Waals surface area contributed by atoms with Crippen molar-refractivity contribution in [3.8, 4) is 0 Å². The van der Waals surface area contributed by atoms with E-state index in [1.165, 1.54) is 16.7 Å². The summed E-state index contributed by atoms with van der Waals surface area (Å²) >= 11 is 0. The summed E-state index contributed by atoms with van der Waals surface area (Å²) in [5.74, 6) is 0.0649. The van der Waals surface area contributed by atoms with E-state index >= 15 is 0 Å². The van der Waals surface area contributed by atoms with Gasteiger partial charge in [0.2, 0.25) is 5.91 Å². The summed E-state index contributed by atoms with van der Waals surface area (Å²) in [7, 11) is 0. The third-order valence-electron chi connectivity index (χ3n) is 4.84.